The largest absolute Gasteiger partial charge is 0.466 e. The zero-order valence-electron chi connectivity index (χ0n) is 7.59. The molecule has 0 radical (unpaired) electrons. The molecule has 1 aromatic rings. The fourth-order valence-electron chi connectivity index (χ4n) is 0.950. The average Bonchev–Trinajstić information content (AvgIpc) is 2.13. The third-order valence-corrected chi connectivity index (χ3v) is 2.76. The van der Waals surface area contributed by atoms with E-state index in [0.29, 0.717) is 15.7 Å². The minimum Gasteiger partial charge on any atom is -0.466 e. The molecule has 1 heterocycles. The minimum absolute atomic E-state index is 0.0663. The van der Waals surface area contributed by atoms with Crippen molar-refractivity contribution in [2.45, 2.75) is 13.3 Å². The second-order valence-electron chi connectivity index (χ2n) is 2.58. The highest BCUT2D eigenvalue weighted by Crippen LogP contribution is 2.15. The fraction of sp³-hybridized carbons (Fsp3) is 0.333. The third-order valence-electron chi connectivity index (χ3n) is 1.55. The molecule has 0 aliphatic heterocycles. The van der Waals surface area contributed by atoms with Gasteiger partial charge in [0, 0.05) is 6.20 Å². The maximum Gasteiger partial charge on any atom is 0.310 e. The Morgan fingerprint density at radius 3 is 3.00 bits per heavy atom. The summed E-state index contributed by atoms with van der Waals surface area (Å²) in [5.74, 6) is -0.773. The van der Waals surface area contributed by atoms with Gasteiger partial charge in [-0.1, -0.05) is 0 Å². The van der Waals surface area contributed by atoms with Crippen LogP contribution in [0.4, 0.5) is 4.39 Å². The zero-order chi connectivity index (χ0) is 10.6. The van der Waals surface area contributed by atoms with Crippen LogP contribution in [0.1, 0.15) is 12.5 Å². The Bertz CT molecular complexity index is 344. The quantitative estimate of drug-likeness (QED) is 0.633. The Morgan fingerprint density at radius 1 is 1.64 bits per heavy atom. The van der Waals surface area contributed by atoms with Gasteiger partial charge in [-0.25, -0.2) is 4.39 Å². The van der Waals surface area contributed by atoms with E-state index in [9.17, 15) is 9.18 Å². The first-order chi connectivity index (χ1) is 6.65. The molecule has 0 saturated heterocycles. The van der Waals surface area contributed by atoms with E-state index in [0.717, 1.165) is 6.20 Å². The van der Waals surface area contributed by atoms with Crippen molar-refractivity contribution >= 4 is 28.6 Å². The van der Waals surface area contributed by atoms with E-state index in [1.54, 1.807) is 6.92 Å². The van der Waals surface area contributed by atoms with Gasteiger partial charge < -0.3 is 4.74 Å². The van der Waals surface area contributed by atoms with Crippen molar-refractivity contribution < 1.29 is 13.9 Å². The molecule has 0 spiro atoms. The van der Waals surface area contributed by atoms with Gasteiger partial charge in [-0.3, -0.25) is 9.78 Å². The van der Waals surface area contributed by atoms with Crippen LogP contribution in [0.5, 0.6) is 0 Å². The smallest absolute Gasteiger partial charge is 0.310 e. The number of ether oxygens (including phenoxy) is 1. The van der Waals surface area contributed by atoms with Crippen molar-refractivity contribution in [2.75, 3.05) is 6.61 Å². The fourth-order valence-corrected chi connectivity index (χ4v) is 1.42. The van der Waals surface area contributed by atoms with Gasteiger partial charge in [0.1, 0.15) is 0 Å². The molecule has 0 unspecified atom stereocenters. The molecule has 0 aromatic carbocycles. The van der Waals surface area contributed by atoms with Gasteiger partial charge >= 0.3 is 5.97 Å². The Labute approximate surface area is 94.8 Å². The molecule has 14 heavy (non-hydrogen) atoms. The molecule has 0 amide bonds. The highest BCUT2D eigenvalue weighted by atomic mass is 127. The number of esters is 1. The van der Waals surface area contributed by atoms with Crippen LogP contribution in [-0.4, -0.2) is 17.6 Å². The Morgan fingerprint density at radius 2 is 2.36 bits per heavy atom. The van der Waals surface area contributed by atoms with Crippen LogP contribution in [0.2, 0.25) is 0 Å². The van der Waals surface area contributed by atoms with Crippen molar-refractivity contribution in [1.29, 1.82) is 0 Å². The van der Waals surface area contributed by atoms with Gasteiger partial charge in [0.15, 0.2) is 5.82 Å². The first-order valence-electron chi connectivity index (χ1n) is 4.08. The van der Waals surface area contributed by atoms with Gasteiger partial charge in [-0.05, 0) is 35.1 Å². The van der Waals surface area contributed by atoms with Crippen molar-refractivity contribution in [2.24, 2.45) is 0 Å². The highest BCUT2D eigenvalue weighted by Gasteiger charge is 2.10. The van der Waals surface area contributed by atoms with Crippen molar-refractivity contribution in [3.63, 3.8) is 0 Å². The lowest BCUT2D eigenvalue weighted by atomic mass is 10.2. The SMILES string of the molecule is CCOC(=O)Cc1cncc(F)c1I. The van der Waals surface area contributed by atoms with Gasteiger partial charge in [-0.2, -0.15) is 0 Å². The minimum atomic E-state index is -0.410. The summed E-state index contributed by atoms with van der Waals surface area (Å²) < 4.78 is 18.2. The number of nitrogens with zero attached hydrogens (tertiary/aromatic N) is 1. The number of rotatable bonds is 3. The van der Waals surface area contributed by atoms with Crippen LogP contribution in [0.15, 0.2) is 12.4 Å². The van der Waals surface area contributed by atoms with E-state index in [1.165, 1.54) is 6.20 Å². The molecule has 1 rings (SSSR count). The summed E-state index contributed by atoms with van der Waals surface area (Å²) in [5.41, 5.74) is 0.559. The number of carbonyl (C=O) groups excluding carboxylic acids is 1. The van der Waals surface area contributed by atoms with Gasteiger partial charge in [0.25, 0.3) is 0 Å². The molecule has 0 saturated carbocycles. The second-order valence-corrected chi connectivity index (χ2v) is 3.65. The van der Waals surface area contributed by atoms with Gasteiger partial charge in [-0.15, -0.1) is 0 Å². The number of hydrogen-bond acceptors (Lipinski definition) is 3. The molecule has 76 valence electrons. The predicted octanol–water partition coefficient (Wildman–Crippen LogP) is 1.93. The van der Waals surface area contributed by atoms with Crippen molar-refractivity contribution in [3.05, 3.63) is 27.3 Å². The molecule has 0 aliphatic rings. The van der Waals surface area contributed by atoms with Crippen LogP contribution in [0.25, 0.3) is 0 Å². The van der Waals surface area contributed by atoms with Gasteiger partial charge in [0.05, 0.1) is 22.8 Å². The molecule has 0 aliphatic carbocycles. The molecule has 0 fully saturated rings. The monoisotopic (exact) mass is 309 g/mol. The third kappa shape index (κ3) is 2.90. The maximum atomic E-state index is 13.0. The number of hydrogen-bond donors (Lipinski definition) is 0. The highest BCUT2D eigenvalue weighted by molar-refractivity contribution is 14.1. The molecule has 0 bridgehead atoms. The first-order valence-corrected chi connectivity index (χ1v) is 5.16. The molecule has 0 N–H and O–H groups in total. The lowest BCUT2D eigenvalue weighted by Gasteiger charge is -2.04. The lowest BCUT2D eigenvalue weighted by molar-refractivity contribution is -0.142. The summed E-state index contributed by atoms with van der Waals surface area (Å²) in [6.07, 6.45) is 2.66. The summed E-state index contributed by atoms with van der Waals surface area (Å²) in [6, 6.07) is 0. The second kappa shape index (κ2) is 5.23. The Kier molecular flexibility index (Phi) is 4.24. The standard InChI is InChI=1S/C9H9FINO2/c1-2-14-8(13)3-6-4-12-5-7(10)9(6)11/h4-5H,2-3H2,1H3. The van der Waals surface area contributed by atoms with Crippen molar-refractivity contribution in [3.8, 4) is 0 Å². The van der Waals surface area contributed by atoms with E-state index >= 15 is 0 Å². The van der Waals surface area contributed by atoms with Gasteiger partial charge in [0.2, 0.25) is 0 Å². The first kappa shape index (κ1) is 11.4. The zero-order valence-corrected chi connectivity index (χ0v) is 9.75. The molecular weight excluding hydrogens is 300 g/mol. The summed E-state index contributed by atoms with van der Waals surface area (Å²) in [6.45, 7) is 2.06. The van der Waals surface area contributed by atoms with Crippen LogP contribution < -0.4 is 0 Å². The molecular formula is C9H9FINO2. The summed E-state index contributed by atoms with van der Waals surface area (Å²) in [5, 5.41) is 0. The maximum absolute atomic E-state index is 13.0. The predicted molar refractivity (Wildman–Crippen MR) is 57.2 cm³/mol. The topological polar surface area (TPSA) is 39.2 Å². The van der Waals surface area contributed by atoms with Crippen molar-refractivity contribution in [1.82, 2.24) is 4.98 Å². The van der Waals surface area contributed by atoms with Crippen LogP contribution in [-0.2, 0) is 16.0 Å². The normalized spacial score (nSPS) is 9.93. The summed E-state index contributed by atoms with van der Waals surface area (Å²) in [4.78, 5) is 14.8. The molecule has 1 aromatic heterocycles. The van der Waals surface area contributed by atoms with Crippen LogP contribution >= 0.6 is 22.6 Å². The number of aromatic nitrogens is 1. The van der Waals surface area contributed by atoms with Crippen LogP contribution in [0.3, 0.4) is 0 Å². The molecule has 3 nitrogen and oxygen atoms in total. The Balaban J connectivity index is 2.76. The molecule has 5 heteroatoms. The number of halogens is 2. The van der Waals surface area contributed by atoms with E-state index in [-0.39, 0.29) is 12.4 Å². The average molecular weight is 309 g/mol. The van der Waals surface area contributed by atoms with E-state index < -0.39 is 5.82 Å². The number of carbonyl (C=O) groups is 1. The molecule has 0 atom stereocenters. The van der Waals surface area contributed by atoms with E-state index in [4.69, 9.17) is 4.74 Å². The van der Waals surface area contributed by atoms with E-state index in [1.807, 2.05) is 22.6 Å². The number of pyridine rings is 1. The summed E-state index contributed by atoms with van der Waals surface area (Å²) >= 11 is 1.84. The van der Waals surface area contributed by atoms with E-state index in [2.05, 4.69) is 4.98 Å². The Hall–Kier alpha value is -0.720. The van der Waals surface area contributed by atoms with Crippen LogP contribution in [0, 0.1) is 9.39 Å². The summed E-state index contributed by atoms with van der Waals surface area (Å²) in [7, 11) is 0. The lowest BCUT2D eigenvalue weighted by Crippen LogP contribution is -2.09.